The molecule has 0 spiro atoms. The van der Waals surface area contributed by atoms with Crippen LogP contribution in [0, 0.1) is 11.6 Å². The van der Waals surface area contributed by atoms with Crippen molar-refractivity contribution in [3.63, 3.8) is 0 Å². The molecule has 6 aromatic rings. The lowest BCUT2D eigenvalue weighted by Crippen LogP contribution is -2.31. The van der Waals surface area contributed by atoms with Crippen LogP contribution in [0.15, 0.2) is 79.1 Å². The number of hydrogen-bond acceptors (Lipinski definition) is 6. The Balaban J connectivity index is 1.15. The lowest BCUT2D eigenvalue weighted by molar-refractivity contribution is -0.0589. The normalized spacial score (nSPS) is 14.7. The highest BCUT2D eigenvalue weighted by Gasteiger charge is 2.23. The molecule has 1 aliphatic heterocycles. The number of pyridine rings is 2. The number of carboxylic acids is 1. The minimum absolute atomic E-state index is 0.00176. The van der Waals surface area contributed by atoms with Crippen LogP contribution in [0.5, 0.6) is 5.88 Å². The van der Waals surface area contributed by atoms with Crippen LogP contribution in [0.1, 0.15) is 33.9 Å². The lowest BCUT2D eigenvalue weighted by atomic mass is 10.0. The van der Waals surface area contributed by atoms with Crippen LogP contribution in [0.25, 0.3) is 27.9 Å². The van der Waals surface area contributed by atoms with Gasteiger partial charge in [0.25, 0.3) is 0 Å². The molecule has 0 saturated carbocycles. The highest BCUT2D eigenvalue weighted by molar-refractivity contribution is 5.92. The molecule has 1 atom stereocenters. The summed E-state index contributed by atoms with van der Waals surface area (Å²) in [6.45, 7) is 1.24. The van der Waals surface area contributed by atoms with Crippen LogP contribution in [-0.4, -0.2) is 47.7 Å². The van der Waals surface area contributed by atoms with E-state index >= 15 is 8.78 Å². The number of ether oxygens (including phenoxy) is 2. The van der Waals surface area contributed by atoms with Gasteiger partial charge >= 0.3 is 5.97 Å². The summed E-state index contributed by atoms with van der Waals surface area (Å²) in [5.74, 6) is -1.57. The van der Waals surface area contributed by atoms with Gasteiger partial charge in [-0.15, -0.1) is 0 Å². The molecule has 0 amide bonds. The van der Waals surface area contributed by atoms with Crippen LogP contribution in [0.2, 0.25) is 0 Å². The molecule has 0 unspecified atom stereocenters. The van der Waals surface area contributed by atoms with E-state index in [1.54, 1.807) is 30.3 Å². The van der Waals surface area contributed by atoms with E-state index in [0.29, 0.717) is 35.7 Å². The van der Waals surface area contributed by atoms with E-state index in [2.05, 4.69) is 15.0 Å². The van der Waals surface area contributed by atoms with Crippen molar-refractivity contribution < 1.29 is 28.2 Å². The molecule has 1 saturated heterocycles. The van der Waals surface area contributed by atoms with Crippen molar-refractivity contribution >= 4 is 22.6 Å². The molecule has 1 fully saturated rings. The van der Waals surface area contributed by atoms with Crippen LogP contribution < -0.4 is 4.74 Å². The van der Waals surface area contributed by atoms with Crippen molar-refractivity contribution in [2.24, 2.45) is 0 Å². The van der Waals surface area contributed by atoms with Crippen molar-refractivity contribution in [1.29, 1.82) is 0 Å². The maximum atomic E-state index is 15.5. The summed E-state index contributed by atoms with van der Waals surface area (Å²) >= 11 is 0. The van der Waals surface area contributed by atoms with Crippen LogP contribution >= 0.6 is 0 Å². The van der Waals surface area contributed by atoms with Gasteiger partial charge in [-0.2, -0.15) is 0 Å². The molecule has 9 nitrogen and oxygen atoms in total. The number of aromatic carboxylic acids is 1. The molecule has 1 N–H and O–H groups in total. The summed E-state index contributed by atoms with van der Waals surface area (Å²) in [4.78, 5) is 25.1. The second-order valence-electron chi connectivity index (χ2n) is 10.4. The molecule has 11 heteroatoms. The molecule has 0 bridgehead atoms. The maximum absolute atomic E-state index is 15.5. The summed E-state index contributed by atoms with van der Waals surface area (Å²) in [5, 5.41) is 9.47. The van der Waals surface area contributed by atoms with Crippen LogP contribution in [-0.2, 0) is 24.3 Å². The first-order valence-corrected chi connectivity index (χ1v) is 13.8. The van der Waals surface area contributed by atoms with E-state index in [-0.39, 0.29) is 47.4 Å². The van der Waals surface area contributed by atoms with Crippen LogP contribution in [0.3, 0.4) is 0 Å². The van der Waals surface area contributed by atoms with Gasteiger partial charge in [-0.1, -0.05) is 12.1 Å². The Kier molecular flexibility index (Phi) is 6.78. The standard InChI is InChI=1S/C32H25F2N5O4/c33-24-15-23(26-4-3-6-31(37-26)43-18-21-16-38-10-2-1-5-29(38)35-21)25(34)12-20(24)14-30-36-27-8-7-19(32(40)41)13-28(27)39(30)17-22-9-11-42-22/h1-8,10,12-13,15-16,22H,9,11,14,17-18H2,(H,40,41)/t22-/m0/s1. The smallest absolute Gasteiger partial charge is 0.335 e. The predicted octanol–water partition coefficient (Wildman–Crippen LogP) is 5.68. The molecule has 0 aliphatic carbocycles. The monoisotopic (exact) mass is 581 g/mol. The molecule has 0 radical (unpaired) electrons. The quantitative estimate of drug-likeness (QED) is 0.234. The number of imidazole rings is 2. The summed E-state index contributed by atoms with van der Waals surface area (Å²) < 4.78 is 46.1. The number of carbonyl (C=O) groups is 1. The number of rotatable bonds is 9. The van der Waals surface area contributed by atoms with Gasteiger partial charge in [0.2, 0.25) is 5.88 Å². The molecular formula is C32H25F2N5O4. The van der Waals surface area contributed by atoms with Gasteiger partial charge < -0.3 is 23.5 Å². The van der Waals surface area contributed by atoms with E-state index in [1.165, 1.54) is 6.07 Å². The zero-order valence-electron chi connectivity index (χ0n) is 22.8. The first-order chi connectivity index (χ1) is 20.9. The van der Waals surface area contributed by atoms with Gasteiger partial charge in [0, 0.05) is 37.1 Å². The molecule has 43 heavy (non-hydrogen) atoms. The van der Waals surface area contributed by atoms with Crippen molar-refractivity contribution in [3.05, 3.63) is 113 Å². The number of nitrogens with zero attached hydrogens (tertiary/aromatic N) is 5. The molecule has 5 heterocycles. The summed E-state index contributed by atoms with van der Waals surface area (Å²) in [6.07, 6.45) is 4.54. The third kappa shape index (κ3) is 5.30. The fourth-order valence-electron chi connectivity index (χ4n) is 5.22. The van der Waals surface area contributed by atoms with Crippen molar-refractivity contribution in [2.75, 3.05) is 6.61 Å². The Labute approximate surface area is 244 Å². The average Bonchev–Trinajstić information content (AvgIpc) is 3.55. The van der Waals surface area contributed by atoms with Gasteiger partial charge in [-0.3, -0.25) is 0 Å². The Bertz CT molecular complexity index is 1970. The van der Waals surface area contributed by atoms with Gasteiger partial charge in [0.1, 0.15) is 29.7 Å². The molecular weight excluding hydrogens is 556 g/mol. The van der Waals surface area contributed by atoms with E-state index < -0.39 is 17.6 Å². The van der Waals surface area contributed by atoms with Gasteiger partial charge in [-0.25, -0.2) is 28.5 Å². The molecule has 4 aromatic heterocycles. The fourth-order valence-corrected chi connectivity index (χ4v) is 5.22. The van der Waals surface area contributed by atoms with Crippen LogP contribution in [0.4, 0.5) is 8.78 Å². The average molecular weight is 582 g/mol. The van der Waals surface area contributed by atoms with E-state index in [9.17, 15) is 9.90 Å². The Morgan fingerprint density at radius 1 is 1.02 bits per heavy atom. The van der Waals surface area contributed by atoms with Gasteiger partial charge in [-0.05, 0) is 60.5 Å². The number of hydrogen-bond donors (Lipinski definition) is 1. The highest BCUT2D eigenvalue weighted by atomic mass is 19.1. The number of carboxylic acid groups (broad SMARTS) is 1. The second-order valence-corrected chi connectivity index (χ2v) is 10.4. The van der Waals surface area contributed by atoms with Crippen molar-refractivity contribution in [2.45, 2.75) is 32.1 Å². The number of benzene rings is 2. The minimum atomic E-state index is -1.06. The Morgan fingerprint density at radius 2 is 1.91 bits per heavy atom. The maximum Gasteiger partial charge on any atom is 0.335 e. The van der Waals surface area contributed by atoms with E-state index in [0.717, 1.165) is 24.2 Å². The lowest BCUT2D eigenvalue weighted by Gasteiger charge is -2.27. The first-order valence-electron chi connectivity index (χ1n) is 13.8. The Morgan fingerprint density at radius 3 is 2.70 bits per heavy atom. The topological polar surface area (TPSA) is 104 Å². The molecule has 1 aliphatic rings. The fraction of sp³-hybridized carbons (Fsp3) is 0.188. The third-order valence-corrected chi connectivity index (χ3v) is 7.52. The van der Waals surface area contributed by atoms with E-state index in [4.69, 9.17) is 9.47 Å². The largest absolute Gasteiger partial charge is 0.478 e. The third-order valence-electron chi connectivity index (χ3n) is 7.52. The summed E-state index contributed by atoms with van der Waals surface area (Å²) in [5.41, 5.74) is 3.13. The van der Waals surface area contributed by atoms with Gasteiger partial charge in [0.05, 0.1) is 40.6 Å². The van der Waals surface area contributed by atoms with E-state index in [1.807, 2.05) is 39.6 Å². The number of halogens is 2. The van der Waals surface area contributed by atoms with Crippen molar-refractivity contribution in [1.82, 2.24) is 23.9 Å². The Hall–Kier alpha value is -5.16. The zero-order valence-corrected chi connectivity index (χ0v) is 22.8. The zero-order chi connectivity index (χ0) is 29.5. The summed E-state index contributed by atoms with van der Waals surface area (Å²) in [6, 6.07) is 17.5. The van der Waals surface area contributed by atoms with Crippen molar-refractivity contribution in [3.8, 4) is 17.1 Å². The highest BCUT2D eigenvalue weighted by Crippen LogP contribution is 2.29. The van der Waals surface area contributed by atoms with Gasteiger partial charge in [0.15, 0.2) is 0 Å². The minimum Gasteiger partial charge on any atom is -0.478 e. The predicted molar refractivity (Wildman–Crippen MR) is 153 cm³/mol. The summed E-state index contributed by atoms with van der Waals surface area (Å²) in [7, 11) is 0. The second kappa shape index (κ2) is 10.9. The number of fused-ring (bicyclic) bond motifs is 2. The number of aromatic nitrogens is 5. The molecule has 7 rings (SSSR count). The molecule has 2 aromatic carbocycles. The first kappa shape index (κ1) is 26.7. The molecule has 216 valence electrons. The SMILES string of the molecule is O=C(O)c1ccc2nc(Cc3cc(F)c(-c4cccc(OCc5cn6ccccc6n5)n4)cc3F)n(C[C@@H]3CCO3)c2c1.